The molecule has 5 heteroatoms. The van der Waals surface area contributed by atoms with Gasteiger partial charge < -0.3 is 10.1 Å². The number of carbonyl (C=O) groups is 1. The fourth-order valence-corrected chi connectivity index (χ4v) is 3.85. The molecule has 1 aromatic heterocycles. The highest BCUT2D eigenvalue weighted by atomic mass is 16.3. The first kappa shape index (κ1) is 19.1. The Morgan fingerprint density at radius 3 is 2.59 bits per heavy atom. The highest BCUT2D eigenvalue weighted by Gasteiger charge is 2.36. The SMILES string of the molecule is CC1(C)CC(=O)C(=C(O)c2ccccc2)C(=NCCc2nc3ccccc3[nH]2)C1. The van der Waals surface area contributed by atoms with Gasteiger partial charge in [0, 0.05) is 30.7 Å². The first-order chi connectivity index (χ1) is 13.9. The van der Waals surface area contributed by atoms with Crippen molar-refractivity contribution in [2.45, 2.75) is 33.1 Å². The molecule has 0 amide bonds. The van der Waals surface area contributed by atoms with E-state index >= 15 is 0 Å². The predicted octanol–water partition coefficient (Wildman–Crippen LogP) is 4.90. The summed E-state index contributed by atoms with van der Waals surface area (Å²) in [6.07, 6.45) is 1.71. The van der Waals surface area contributed by atoms with E-state index in [0.29, 0.717) is 42.7 Å². The van der Waals surface area contributed by atoms with E-state index in [0.717, 1.165) is 16.9 Å². The monoisotopic (exact) mass is 387 g/mol. The summed E-state index contributed by atoms with van der Waals surface area (Å²) in [5.41, 5.74) is 3.46. The number of carbonyl (C=O) groups excluding carboxylic acids is 1. The van der Waals surface area contributed by atoms with Crippen LogP contribution >= 0.6 is 0 Å². The van der Waals surface area contributed by atoms with Gasteiger partial charge in [-0.25, -0.2) is 4.98 Å². The van der Waals surface area contributed by atoms with Crippen molar-refractivity contribution in [2.75, 3.05) is 6.54 Å². The van der Waals surface area contributed by atoms with Crippen molar-refractivity contribution in [3.63, 3.8) is 0 Å². The molecule has 4 rings (SSSR count). The molecule has 0 radical (unpaired) electrons. The molecule has 0 bridgehead atoms. The third-order valence-electron chi connectivity index (χ3n) is 5.23. The summed E-state index contributed by atoms with van der Waals surface area (Å²) in [6, 6.07) is 17.1. The van der Waals surface area contributed by atoms with Gasteiger partial charge in [0.1, 0.15) is 11.6 Å². The second-order valence-electron chi connectivity index (χ2n) is 8.31. The first-order valence-electron chi connectivity index (χ1n) is 9.92. The second-order valence-corrected chi connectivity index (χ2v) is 8.31. The van der Waals surface area contributed by atoms with E-state index in [2.05, 4.69) is 23.8 Å². The number of allylic oxidation sites excluding steroid dienone is 1. The first-order valence-corrected chi connectivity index (χ1v) is 9.92. The van der Waals surface area contributed by atoms with Crippen molar-refractivity contribution in [3.05, 3.63) is 71.6 Å². The smallest absolute Gasteiger partial charge is 0.168 e. The van der Waals surface area contributed by atoms with Gasteiger partial charge in [0.15, 0.2) is 5.78 Å². The highest BCUT2D eigenvalue weighted by molar-refractivity contribution is 6.28. The number of aromatic nitrogens is 2. The maximum atomic E-state index is 12.9. The number of aromatic amines is 1. The lowest BCUT2D eigenvalue weighted by Crippen LogP contribution is -2.32. The van der Waals surface area contributed by atoms with Crippen molar-refractivity contribution in [1.82, 2.24) is 9.97 Å². The molecule has 0 unspecified atom stereocenters. The summed E-state index contributed by atoms with van der Waals surface area (Å²) in [7, 11) is 0. The largest absolute Gasteiger partial charge is 0.506 e. The molecule has 0 saturated heterocycles. The average Bonchev–Trinajstić information content (AvgIpc) is 3.10. The van der Waals surface area contributed by atoms with E-state index in [9.17, 15) is 9.90 Å². The van der Waals surface area contributed by atoms with Crippen LogP contribution in [-0.4, -0.2) is 33.1 Å². The van der Waals surface area contributed by atoms with E-state index in [-0.39, 0.29) is 17.0 Å². The number of para-hydroxylation sites is 2. The summed E-state index contributed by atoms with van der Waals surface area (Å²) < 4.78 is 0. The molecule has 148 valence electrons. The van der Waals surface area contributed by atoms with Gasteiger partial charge in [0.2, 0.25) is 0 Å². The van der Waals surface area contributed by atoms with Gasteiger partial charge in [-0.3, -0.25) is 9.79 Å². The number of H-pyrrole nitrogens is 1. The number of hydrogen-bond donors (Lipinski definition) is 2. The topological polar surface area (TPSA) is 78.3 Å². The summed E-state index contributed by atoms with van der Waals surface area (Å²) in [5, 5.41) is 10.8. The van der Waals surface area contributed by atoms with E-state index in [4.69, 9.17) is 4.99 Å². The van der Waals surface area contributed by atoms with Crippen LogP contribution in [0.3, 0.4) is 0 Å². The van der Waals surface area contributed by atoms with Crippen molar-refractivity contribution in [3.8, 4) is 0 Å². The molecule has 1 fully saturated rings. The Hall–Kier alpha value is -3.21. The fraction of sp³-hybridized carbons (Fsp3) is 0.292. The summed E-state index contributed by atoms with van der Waals surface area (Å²) in [5.74, 6) is 0.841. The lowest BCUT2D eigenvalue weighted by Gasteiger charge is -2.31. The molecule has 2 aromatic carbocycles. The Labute approximate surface area is 170 Å². The van der Waals surface area contributed by atoms with E-state index < -0.39 is 0 Å². The molecule has 0 aliphatic heterocycles. The average molecular weight is 387 g/mol. The molecule has 5 nitrogen and oxygen atoms in total. The number of aliphatic imine (C=N–C) groups is 1. The Morgan fingerprint density at radius 1 is 1.10 bits per heavy atom. The maximum Gasteiger partial charge on any atom is 0.168 e. The standard InChI is InChI=1S/C24H25N3O2/c1-24(2)14-19(22(20(28)15-24)23(29)16-8-4-3-5-9-16)25-13-12-21-26-17-10-6-7-11-18(17)27-21/h3-11,29H,12-15H2,1-2H3,(H,26,27). The lowest BCUT2D eigenvalue weighted by molar-refractivity contribution is -0.117. The van der Waals surface area contributed by atoms with Crippen LogP contribution in [0.1, 0.15) is 38.1 Å². The number of imidazole rings is 1. The van der Waals surface area contributed by atoms with Gasteiger partial charge in [-0.15, -0.1) is 0 Å². The molecule has 1 heterocycles. The van der Waals surface area contributed by atoms with Crippen LogP contribution in [0.2, 0.25) is 0 Å². The Kier molecular flexibility index (Phi) is 5.05. The molecule has 1 saturated carbocycles. The number of hydrogen-bond acceptors (Lipinski definition) is 4. The number of Topliss-reactive ketones (excluding diaryl/α,β-unsaturated/α-hetero) is 1. The van der Waals surface area contributed by atoms with Crippen LogP contribution in [0.25, 0.3) is 16.8 Å². The number of fused-ring (bicyclic) bond motifs is 1. The number of ketones is 1. The number of benzene rings is 2. The molecule has 2 N–H and O–H groups in total. The molecular weight excluding hydrogens is 362 g/mol. The van der Waals surface area contributed by atoms with E-state index in [1.54, 1.807) is 12.1 Å². The van der Waals surface area contributed by atoms with Crippen LogP contribution in [0.5, 0.6) is 0 Å². The van der Waals surface area contributed by atoms with Crippen molar-refractivity contribution in [2.24, 2.45) is 10.4 Å². The van der Waals surface area contributed by atoms with Gasteiger partial charge >= 0.3 is 0 Å². The second kappa shape index (κ2) is 7.66. The van der Waals surface area contributed by atoms with Crippen molar-refractivity contribution < 1.29 is 9.90 Å². The zero-order valence-corrected chi connectivity index (χ0v) is 16.8. The predicted molar refractivity (Wildman–Crippen MR) is 116 cm³/mol. The minimum Gasteiger partial charge on any atom is -0.506 e. The van der Waals surface area contributed by atoms with Crippen LogP contribution in [0.15, 0.2) is 65.2 Å². The molecule has 0 atom stereocenters. The van der Waals surface area contributed by atoms with E-state index in [1.807, 2.05) is 42.5 Å². The Balaban J connectivity index is 1.62. The summed E-state index contributed by atoms with van der Waals surface area (Å²) in [6.45, 7) is 4.64. The number of rotatable bonds is 4. The number of nitrogens with zero attached hydrogens (tertiary/aromatic N) is 2. The van der Waals surface area contributed by atoms with Gasteiger partial charge in [0.25, 0.3) is 0 Å². The number of nitrogens with one attached hydrogen (secondary N) is 1. The van der Waals surface area contributed by atoms with Crippen LogP contribution in [-0.2, 0) is 11.2 Å². The quantitative estimate of drug-likeness (QED) is 0.493. The van der Waals surface area contributed by atoms with Gasteiger partial charge in [-0.05, 0) is 24.0 Å². The molecule has 1 aliphatic rings. The Morgan fingerprint density at radius 2 is 1.83 bits per heavy atom. The molecule has 0 spiro atoms. The molecule has 3 aromatic rings. The van der Waals surface area contributed by atoms with Crippen molar-refractivity contribution >= 4 is 28.3 Å². The van der Waals surface area contributed by atoms with Gasteiger partial charge in [0.05, 0.1) is 16.6 Å². The third kappa shape index (κ3) is 4.14. The zero-order chi connectivity index (χ0) is 20.4. The molecule has 29 heavy (non-hydrogen) atoms. The molecular formula is C24H25N3O2. The van der Waals surface area contributed by atoms with E-state index in [1.165, 1.54) is 0 Å². The fourth-order valence-electron chi connectivity index (χ4n) is 3.85. The lowest BCUT2D eigenvalue weighted by atomic mass is 9.73. The van der Waals surface area contributed by atoms with Gasteiger partial charge in [-0.2, -0.15) is 0 Å². The minimum absolute atomic E-state index is 0.0218. The zero-order valence-electron chi connectivity index (χ0n) is 16.8. The maximum absolute atomic E-state index is 12.9. The minimum atomic E-state index is -0.171. The van der Waals surface area contributed by atoms with Crippen LogP contribution in [0, 0.1) is 5.41 Å². The Bertz CT molecular complexity index is 1070. The highest BCUT2D eigenvalue weighted by Crippen LogP contribution is 2.36. The van der Waals surface area contributed by atoms with Gasteiger partial charge in [-0.1, -0.05) is 56.3 Å². The third-order valence-corrected chi connectivity index (χ3v) is 5.23. The summed E-state index contributed by atoms with van der Waals surface area (Å²) >= 11 is 0. The van der Waals surface area contributed by atoms with Crippen molar-refractivity contribution in [1.29, 1.82) is 0 Å². The normalized spacial score (nSPS) is 19.7. The van der Waals surface area contributed by atoms with Crippen LogP contribution < -0.4 is 0 Å². The molecule has 1 aliphatic carbocycles. The number of aliphatic hydroxyl groups excluding tert-OH is 1. The number of aliphatic hydroxyl groups is 1. The summed E-state index contributed by atoms with van der Waals surface area (Å²) in [4.78, 5) is 25.5. The van der Waals surface area contributed by atoms with Crippen LogP contribution in [0.4, 0.5) is 0 Å².